The Morgan fingerprint density at radius 3 is 2.47 bits per heavy atom. The summed E-state index contributed by atoms with van der Waals surface area (Å²) in [4.78, 5) is 4.88. The summed E-state index contributed by atoms with van der Waals surface area (Å²) in [6.07, 6.45) is -2.72. The van der Waals surface area contributed by atoms with Crippen molar-refractivity contribution in [3.63, 3.8) is 0 Å². The van der Waals surface area contributed by atoms with Gasteiger partial charge in [0.2, 0.25) is 0 Å². The summed E-state index contributed by atoms with van der Waals surface area (Å²) in [6.45, 7) is 0.163. The Morgan fingerprint density at radius 1 is 1.10 bits per heavy atom. The number of alkyl halides is 3. The van der Waals surface area contributed by atoms with Gasteiger partial charge in [-0.3, -0.25) is 0 Å². The van der Waals surface area contributed by atoms with Gasteiger partial charge in [-0.15, -0.1) is 0 Å². The second kappa shape index (κ2) is 7.56. The van der Waals surface area contributed by atoms with E-state index in [1.54, 1.807) is 0 Å². The lowest BCUT2D eigenvalue weighted by Gasteiger charge is -2.48. The quantitative estimate of drug-likeness (QED) is 0.469. The van der Waals surface area contributed by atoms with Gasteiger partial charge in [-0.2, -0.15) is 13.2 Å². The van der Waals surface area contributed by atoms with E-state index in [0.29, 0.717) is 24.8 Å². The van der Waals surface area contributed by atoms with Gasteiger partial charge in [0.15, 0.2) is 11.6 Å². The van der Waals surface area contributed by atoms with Crippen molar-refractivity contribution in [1.29, 1.82) is 0 Å². The lowest BCUT2D eigenvalue weighted by molar-refractivity contribution is -0.137. The number of hydrogen-bond donors (Lipinski definition) is 0. The first-order chi connectivity index (χ1) is 14.2. The van der Waals surface area contributed by atoms with Gasteiger partial charge >= 0.3 is 6.18 Å². The lowest BCUT2D eigenvalue weighted by Crippen LogP contribution is -2.49. The Hall–Kier alpha value is -2.64. The second-order valence-electron chi connectivity index (χ2n) is 7.81. The number of oxime groups is 1. The van der Waals surface area contributed by atoms with E-state index in [1.165, 1.54) is 19.2 Å². The fourth-order valence-electron chi connectivity index (χ4n) is 4.73. The highest BCUT2D eigenvalue weighted by atomic mass is 19.4. The first-order valence-electron chi connectivity index (χ1n) is 9.61. The van der Waals surface area contributed by atoms with Crippen LogP contribution in [0.2, 0.25) is 0 Å². The van der Waals surface area contributed by atoms with Crippen LogP contribution in [0.25, 0.3) is 0 Å². The minimum atomic E-state index is -4.43. The van der Waals surface area contributed by atoms with Crippen LogP contribution in [-0.2, 0) is 22.8 Å². The Morgan fingerprint density at radius 2 is 1.80 bits per heavy atom. The highest BCUT2D eigenvalue weighted by Crippen LogP contribution is 2.53. The molecule has 2 atom stereocenters. The molecule has 0 amide bonds. The van der Waals surface area contributed by atoms with Crippen LogP contribution in [0.15, 0.2) is 41.6 Å². The zero-order chi connectivity index (χ0) is 21.5. The molecule has 0 saturated heterocycles. The number of benzene rings is 2. The molecule has 0 N–H and O–H groups in total. The van der Waals surface area contributed by atoms with Crippen molar-refractivity contribution < 1.29 is 31.5 Å². The minimum Gasteiger partial charge on any atom is -0.490 e. The highest BCUT2D eigenvalue weighted by molar-refractivity contribution is 5.85. The van der Waals surface area contributed by atoms with Crippen LogP contribution in [0.3, 0.4) is 0 Å². The molecule has 0 spiro atoms. The second-order valence-corrected chi connectivity index (χ2v) is 7.81. The molecule has 1 aliphatic heterocycles. The van der Waals surface area contributed by atoms with Crippen LogP contribution >= 0.6 is 0 Å². The summed E-state index contributed by atoms with van der Waals surface area (Å²) in [7, 11) is 1.44. The largest absolute Gasteiger partial charge is 0.490 e. The van der Waals surface area contributed by atoms with E-state index in [4.69, 9.17) is 9.57 Å². The summed E-state index contributed by atoms with van der Waals surface area (Å²) in [5.41, 5.74) is 0.0240. The Labute approximate surface area is 170 Å². The number of nitrogens with zero attached hydrogens (tertiary/aromatic N) is 1. The maximum atomic E-state index is 15.0. The Balaban J connectivity index is 1.78. The molecule has 1 heterocycles. The topological polar surface area (TPSA) is 30.8 Å². The molecule has 0 radical (unpaired) electrons. The van der Waals surface area contributed by atoms with Crippen molar-refractivity contribution in [2.45, 2.75) is 37.3 Å². The first kappa shape index (κ1) is 20.6. The van der Waals surface area contributed by atoms with Gasteiger partial charge in [0.1, 0.15) is 12.9 Å². The number of fused-ring (bicyclic) bond motifs is 3. The third kappa shape index (κ3) is 3.52. The van der Waals surface area contributed by atoms with Crippen LogP contribution in [0.5, 0.6) is 5.75 Å². The predicted octanol–water partition coefficient (Wildman–Crippen LogP) is 5.66. The van der Waals surface area contributed by atoms with Crippen molar-refractivity contribution in [2.75, 3.05) is 13.7 Å². The van der Waals surface area contributed by atoms with E-state index in [2.05, 4.69) is 5.16 Å². The average molecular weight is 425 g/mol. The summed E-state index contributed by atoms with van der Waals surface area (Å²) in [5.74, 6) is -1.54. The highest BCUT2D eigenvalue weighted by Gasteiger charge is 2.50. The first-order valence-corrected chi connectivity index (χ1v) is 9.61. The molecule has 0 bridgehead atoms. The minimum absolute atomic E-state index is 0.106. The maximum Gasteiger partial charge on any atom is 0.416 e. The van der Waals surface area contributed by atoms with Crippen molar-refractivity contribution in [1.82, 2.24) is 0 Å². The molecule has 2 aromatic rings. The van der Waals surface area contributed by atoms with Gasteiger partial charge in [-0.25, -0.2) is 8.78 Å². The van der Waals surface area contributed by atoms with E-state index in [1.807, 2.05) is 0 Å². The number of rotatable bonds is 3. The molecule has 2 aliphatic rings. The molecule has 1 fully saturated rings. The summed E-state index contributed by atoms with van der Waals surface area (Å²) >= 11 is 0. The van der Waals surface area contributed by atoms with Gasteiger partial charge < -0.3 is 9.57 Å². The predicted molar refractivity (Wildman–Crippen MR) is 100 cm³/mol. The number of hydrogen-bond acceptors (Lipinski definition) is 3. The van der Waals surface area contributed by atoms with Gasteiger partial charge in [0.05, 0.1) is 17.9 Å². The fourth-order valence-corrected chi connectivity index (χ4v) is 4.73. The molecule has 30 heavy (non-hydrogen) atoms. The van der Waals surface area contributed by atoms with Gasteiger partial charge in [0.25, 0.3) is 0 Å². The molecule has 160 valence electrons. The van der Waals surface area contributed by atoms with Crippen LogP contribution in [0.1, 0.15) is 36.0 Å². The van der Waals surface area contributed by atoms with E-state index < -0.39 is 28.8 Å². The number of halogens is 5. The molecule has 1 aliphatic carbocycles. The molecular formula is C22H20F5NO2. The molecular weight excluding hydrogens is 405 g/mol. The van der Waals surface area contributed by atoms with Crippen LogP contribution in [0.4, 0.5) is 22.0 Å². The standard InChI is InChI=1S/C22H20F5NO2/c1-29-28-16-8-9-21(11-13-2-4-14(5-3-13)22(25,26)27)15(10-16)12-30-20-18(24)7-6-17(23)19(20)21/h2-7,15H,8-12H2,1H3/b28-16+/t15-,21+/m1/s1. The third-order valence-electron chi connectivity index (χ3n) is 6.13. The SMILES string of the molecule is CO/N=C1\CC[C@@]2(Cc3ccc(C(F)(F)F)cc3)c3c(F)ccc(F)c3OC[C@H]2C1. The third-order valence-corrected chi connectivity index (χ3v) is 6.13. The van der Waals surface area contributed by atoms with Crippen molar-refractivity contribution in [2.24, 2.45) is 11.1 Å². The van der Waals surface area contributed by atoms with E-state index >= 15 is 0 Å². The fraction of sp³-hybridized carbons (Fsp3) is 0.409. The summed E-state index contributed by atoms with van der Waals surface area (Å²) < 4.78 is 73.8. The maximum absolute atomic E-state index is 15.0. The molecule has 0 unspecified atom stereocenters. The zero-order valence-corrected chi connectivity index (χ0v) is 16.2. The van der Waals surface area contributed by atoms with Crippen molar-refractivity contribution >= 4 is 5.71 Å². The normalized spacial score (nSPS) is 24.7. The van der Waals surface area contributed by atoms with Gasteiger partial charge in [0, 0.05) is 16.9 Å². The van der Waals surface area contributed by atoms with Crippen LogP contribution in [-0.4, -0.2) is 19.4 Å². The smallest absolute Gasteiger partial charge is 0.416 e. The molecule has 0 aromatic heterocycles. The Bertz CT molecular complexity index is 971. The van der Waals surface area contributed by atoms with E-state index in [-0.39, 0.29) is 30.3 Å². The summed E-state index contributed by atoms with van der Waals surface area (Å²) in [6, 6.07) is 6.95. The van der Waals surface area contributed by atoms with Gasteiger partial charge in [-0.1, -0.05) is 17.3 Å². The van der Waals surface area contributed by atoms with Crippen molar-refractivity contribution in [3.8, 4) is 5.75 Å². The van der Waals surface area contributed by atoms with Crippen LogP contribution in [0, 0.1) is 17.6 Å². The van der Waals surface area contributed by atoms with Gasteiger partial charge in [-0.05, 0) is 55.5 Å². The molecule has 2 aromatic carbocycles. The molecule has 3 nitrogen and oxygen atoms in total. The lowest BCUT2D eigenvalue weighted by atomic mass is 9.58. The monoisotopic (exact) mass is 425 g/mol. The Kier molecular flexibility index (Phi) is 5.20. The van der Waals surface area contributed by atoms with Crippen LogP contribution < -0.4 is 4.74 Å². The summed E-state index contributed by atoms with van der Waals surface area (Å²) in [5, 5.41) is 4.02. The van der Waals surface area contributed by atoms with Crippen molar-refractivity contribution in [3.05, 3.63) is 64.7 Å². The molecule has 8 heteroatoms. The van der Waals surface area contributed by atoms with E-state index in [0.717, 1.165) is 30.0 Å². The molecule has 4 rings (SSSR count). The average Bonchev–Trinajstić information content (AvgIpc) is 2.70. The number of ether oxygens (including phenoxy) is 1. The zero-order valence-electron chi connectivity index (χ0n) is 16.2. The van der Waals surface area contributed by atoms with E-state index in [9.17, 15) is 22.0 Å². The molecule has 1 saturated carbocycles.